The number of benzene rings is 1. The molecule has 142 valence electrons. The monoisotopic (exact) mass is 490 g/mol. The van der Waals surface area contributed by atoms with Gasteiger partial charge < -0.3 is 19.7 Å². The van der Waals surface area contributed by atoms with E-state index in [0.717, 1.165) is 17.4 Å². The molecule has 0 aliphatic carbocycles. The van der Waals surface area contributed by atoms with E-state index in [1.165, 1.54) is 0 Å². The van der Waals surface area contributed by atoms with E-state index >= 15 is 0 Å². The summed E-state index contributed by atoms with van der Waals surface area (Å²) in [6, 6.07) is 13.0. The first-order valence-electron chi connectivity index (χ1n) is 7.92. The Kier molecular flexibility index (Phi) is 10.1. The third-order valence-corrected chi connectivity index (χ3v) is 3.75. The normalized spacial score (nSPS) is 10.7. The maximum absolute atomic E-state index is 5.86. The molecule has 1 heterocycles. The number of methoxy groups -OCH3 is 1. The predicted octanol–water partition coefficient (Wildman–Crippen LogP) is 3.45. The molecule has 0 aliphatic rings. The summed E-state index contributed by atoms with van der Waals surface area (Å²) in [6.07, 6.45) is 0. The van der Waals surface area contributed by atoms with Crippen molar-refractivity contribution in [2.24, 2.45) is 4.99 Å². The van der Waals surface area contributed by atoms with Crippen molar-refractivity contribution >= 4 is 41.5 Å². The summed E-state index contributed by atoms with van der Waals surface area (Å²) in [4.78, 5) is 10.7. The number of likely N-dealkylation sites (N-methyl/N-ethyl adjacent to an activating group) is 1. The van der Waals surface area contributed by atoms with Gasteiger partial charge in [-0.1, -0.05) is 17.7 Å². The molecule has 0 unspecified atom stereocenters. The van der Waals surface area contributed by atoms with Crippen LogP contribution in [-0.4, -0.2) is 50.2 Å². The first-order valence-corrected chi connectivity index (χ1v) is 8.30. The number of aromatic nitrogens is 1. The van der Waals surface area contributed by atoms with Crippen molar-refractivity contribution in [2.75, 3.05) is 34.4 Å². The Morgan fingerprint density at radius 2 is 1.96 bits per heavy atom. The minimum absolute atomic E-state index is 0. The van der Waals surface area contributed by atoms with Crippen molar-refractivity contribution in [3.8, 4) is 11.6 Å². The van der Waals surface area contributed by atoms with Crippen LogP contribution >= 0.6 is 35.6 Å². The summed E-state index contributed by atoms with van der Waals surface area (Å²) in [7, 11) is 5.31. The molecule has 0 spiro atoms. The lowest BCUT2D eigenvalue weighted by Gasteiger charge is -2.22. The van der Waals surface area contributed by atoms with E-state index in [2.05, 4.69) is 15.3 Å². The van der Waals surface area contributed by atoms with Crippen LogP contribution in [0.1, 0.15) is 5.69 Å². The van der Waals surface area contributed by atoms with E-state index in [-0.39, 0.29) is 24.0 Å². The second-order valence-corrected chi connectivity index (χ2v) is 5.73. The van der Waals surface area contributed by atoms with E-state index in [0.29, 0.717) is 30.6 Å². The fourth-order valence-corrected chi connectivity index (χ4v) is 2.29. The van der Waals surface area contributed by atoms with Crippen molar-refractivity contribution in [3.05, 3.63) is 53.2 Å². The van der Waals surface area contributed by atoms with E-state index in [1.807, 2.05) is 54.4 Å². The van der Waals surface area contributed by atoms with Gasteiger partial charge in [0.2, 0.25) is 5.88 Å². The SMILES string of the molecule is CN=C(NCc1cccc(OC)n1)N(C)CCOc1ccc(Cl)cc1.I. The van der Waals surface area contributed by atoms with Crippen molar-refractivity contribution < 1.29 is 9.47 Å². The zero-order chi connectivity index (χ0) is 18.1. The Bertz CT molecular complexity index is 698. The Morgan fingerprint density at radius 1 is 1.23 bits per heavy atom. The zero-order valence-corrected chi connectivity index (χ0v) is 18.2. The highest BCUT2D eigenvalue weighted by Crippen LogP contribution is 2.15. The lowest BCUT2D eigenvalue weighted by molar-refractivity contribution is 0.281. The van der Waals surface area contributed by atoms with Crippen molar-refractivity contribution in [2.45, 2.75) is 6.54 Å². The number of guanidine groups is 1. The first kappa shape index (κ1) is 22.3. The molecule has 0 aliphatic heterocycles. The maximum Gasteiger partial charge on any atom is 0.213 e. The van der Waals surface area contributed by atoms with Crippen LogP contribution in [0.2, 0.25) is 5.02 Å². The highest BCUT2D eigenvalue weighted by Gasteiger charge is 2.07. The second-order valence-electron chi connectivity index (χ2n) is 5.30. The van der Waals surface area contributed by atoms with E-state index < -0.39 is 0 Å². The molecule has 0 bridgehead atoms. The van der Waals surface area contributed by atoms with Gasteiger partial charge in [-0.3, -0.25) is 4.99 Å². The number of aliphatic imine (C=N–C) groups is 1. The quantitative estimate of drug-likeness (QED) is 0.366. The fourth-order valence-electron chi connectivity index (χ4n) is 2.16. The predicted molar refractivity (Wildman–Crippen MR) is 116 cm³/mol. The molecular weight excluding hydrogens is 467 g/mol. The zero-order valence-electron chi connectivity index (χ0n) is 15.1. The van der Waals surface area contributed by atoms with Crippen molar-refractivity contribution in [1.29, 1.82) is 0 Å². The smallest absolute Gasteiger partial charge is 0.213 e. The number of ether oxygens (including phenoxy) is 2. The number of nitrogens with one attached hydrogen (secondary N) is 1. The van der Waals surface area contributed by atoms with Gasteiger partial charge in [0, 0.05) is 25.2 Å². The number of rotatable bonds is 7. The van der Waals surface area contributed by atoms with E-state index in [4.69, 9.17) is 21.1 Å². The minimum atomic E-state index is 0. The highest BCUT2D eigenvalue weighted by molar-refractivity contribution is 14.0. The Balaban J connectivity index is 0.00000338. The molecular formula is C18H24ClIN4O2. The second kappa shape index (κ2) is 11.8. The summed E-state index contributed by atoms with van der Waals surface area (Å²) in [6.45, 7) is 1.79. The van der Waals surface area contributed by atoms with Crippen LogP contribution in [0.5, 0.6) is 11.6 Å². The summed E-state index contributed by atoms with van der Waals surface area (Å²) in [5.41, 5.74) is 0.881. The average molecular weight is 491 g/mol. The maximum atomic E-state index is 5.86. The van der Waals surface area contributed by atoms with Gasteiger partial charge >= 0.3 is 0 Å². The van der Waals surface area contributed by atoms with Gasteiger partial charge in [-0.15, -0.1) is 24.0 Å². The van der Waals surface area contributed by atoms with Gasteiger partial charge in [-0.2, -0.15) is 0 Å². The third kappa shape index (κ3) is 7.25. The molecule has 1 aromatic heterocycles. The Labute approximate surface area is 176 Å². The molecule has 0 saturated carbocycles. The third-order valence-electron chi connectivity index (χ3n) is 3.50. The number of halogens is 2. The molecule has 2 rings (SSSR count). The number of hydrogen-bond donors (Lipinski definition) is 1. The van der Waals surface area contributed by atoms with Gasteiger partial charge in [-0.05, 0) is 30.3 Å². The van der Waals surface area contributed by atoms with Crippen molar-refractivity contribution in [3.63, 3.8) is 0 Å². The average Bonchev–Trinajstić information content (AvgIpc) is 2.64. The molecule has 2 aromatic rings. The molecule has 26 heavy (non-hydrogen) atoms. The van der Waals surface area contributed by atoms with Gasteiger partial charge in [0.05, 0.1) is 25.9 Å². The summed E-state index contributed by atoms with van der Waals surface area (Å²) < 4.78 is 10.8. The van der Waals surface area contributed by atoms with Crippen LogP contribution in [-0.2, 0) is 6.54 Å². The number of nitrogens with zero attached hydrogens (tertiary/aromatic N) is 3. The lowest BCUT2D eigenvalue weighted by Crippen LogP contribution is -2.40. The summed E-state index contributed by atoms with van der Waals surface area (Å²) in [5.74, 6) is 2.16. The molecule has 0 amide bonds. The van der Waals surface area contributed by atoms with Crippen LogP contribution < -0.4 is 14.8 Å². The van der Waals surface area contributed by atoms with Crippen molar-refractivity contribution in [1.82, 2.24) is 15.2 Å². The van der Waals surface area contributed by atoms with Gasteiger partial charge in [0.15, 0.2) is 5.96 Å². The van der Waals surface area contributed by atoms with Gasteiger partial charge in [-0.25, -0.2) is 4.98 Å². The molecule has 1 N–H and O–H groups in total. The molecule has 0 radical (unpaired) electrons. The van der Waals surface area contributed by atoms with Crippen LogP contribution in [0, 0.1) is 0 Å². The minimum Gasteiger partial charge on any atom is -0.492 e. The van der Waals surface area contributed by atoms with Crippen LogP contribution in [0.4, 0.5) is 0 Å². The topological polar surface area (TPSA) is 59.0 Å². The van der Waals surface area contributed by atoms with Crippen LogP contribution in [0.25, 0.3) is 0 Å². The van der Waals surface area contributed by atoms with Gasteiger partial charge in [0.1, 0.15) is 12.4 Å². The Hall–Kier alpha value is -1.74. The highest BCUT2D eigenvalue weighted by atomic mass is 127. The summed E-state index contributed by atoms with van der Waals surface area (Å²) in [5, 5.41) is 3.97. The fraction of sp³-hybridized carbons (Fsp3) is 0.333. The van der Waals surface area contributed by atoms with E-state index in [1.54, 1.807) is 14.2 Å². The van der Waals surface area contributed by atoms with E-state index in [9.17, 15) is 0 Å². The summed E-state index contributed by atoms with van der Waals surface area (Å²) >= 11 is 5.86. The molecule has 1 aromatic carbocycles. The molecule has 8 heteroatoms. The van der Waals surface area contributed by atoms with Gasteiger partial charge in [0.25, 0.3) is 0 Å². The Morgan fingerprint density at radius 3 is 2.62 bits per heavy atom. The lowest BCUT2D eigenvalue weighted by atomic mass is 10.3. The molecule has 0 atom stereocenters. The number of hydrogen-bond acceptors (Lipinski definition) is 4. The molecule has 0 saturated heterocycles. The van der Waals surface area contributed by atoms with Crippen LogP contribution in [0.15, 0.2) is 47.5 Å². The van der Waals surface area contributed by atoms with Crippen LogP contribution in [0.3, 0.4) is 0 Å². The number of pyridine rings is 1. The largest absolute Gasteiger partial charge is 0.492 e. The molecule has 0 fully saturated rings. The first-order chi connectivity index (χ1) is 12.1. The molecule has 6 nitrogen and oxygen atoms in total. The standard InChI is InChI=1S/C18H23ClN4O2.HI/c1-20-18(21-13-15-5-4-6-17(22-15)24-3)23(2)11-12-25-16-9-7-14(19)8-10-16;/h4-10H,11-13H2,1-3H3,(H,20,21);1H.